The average molecular weight is 403 g/mol. The predicted octanol–water partition coefficient (Wildman–Crippen LogP) is 1.34. The van der Waals surface area contributed by atoms with Crippen LogP contribution < -0.4 is 40.3 Å². The van der Waals surface area contributed by atoms with E-state index in [2.05, 4.69) is 5.32 Å². The number of ether oxygens (including phenoxy) is 5. The number of nitrogens with one attached hydrogen (secondary N) is 2. The highest BCUT2D eigenvalue weighted by atomic mass is 16.6. The van der Waals surface area contributed by atoms with Gasteiger partial charge in [-0.1, -0.05) is 0 Å². The number of fused-ring (bicyclic) bond motifs is 1. The third-order valence-corrected chi connectivity index (χ3v) is 4.23. The molecule has 10 nitrogen and oxygen atoms in total. The van der Waals surface area contributed by atoms with Crippen LogP contribution in [0.15, 0.2) is 24.3 Å². The number of amides is 2. The van der Waals surface area contributed by atoms with E-state index in [4.69, 9.17) is 29.5 Å². The molecule has 2 amide bonds. The summed E-state index contributed by atoms with van der Waals surface area (Å²) in [6.45, 7) is 0.712. The summed E-state index contributed by atoms with van der Waals surface area (Å²) in [5.41, 5.74) is 2.61. The van der Waals surface area contributed by atoms with Crippen LogP contribution in [0.2, 0.25) is 0 Å². The van der Waals surface area contributed by atoms with E-state index in [9.17, 15) is 9.59 Å². The number of hydrazine groups is 1. The highest BCUT2D eigenvalue weighted by Gasteiger charge is 2.22. The van der Waals surface area contributed by atoms with E-state index in [0.717, 1.165) is 0 Å². The van der Waals surface area contributed by atoms with Crippen molar-refractivity contribution in [3.63, 3.8) is 0 Å². The number of benzene rings is 2. The molecule has 2 aromatic rings. The monoisotopic (exact) mass is 403 g/mol. The Morgan fingerprint density at radius 2 is 1.48 bits per heavy atom. The summed E-state index contributed by atoms with van der Waals surface area (Å²) in [5.74, 6) is 5.95. The van der Waals surface area contributed by atoms with E-state index in [1.54, 1.807) is 0 Å². The summed E-state index contributed by atoms with van der Waals surface area (Å²) in [6, 6.07) is 5.96. The standard InChI is InChI=1S/C19H21N3O7/c1-25-15-6-10(7-16(26-2)17(15)27-3)18(23)21-12-9-14-13(28-4-5-29-14)8-11(12)19(24)22-20/h6-9H,4-5,20H2,1-3H3,(H,21,23)(H,22,24). The number of nitrogen functional groups attached to an aromatic ring is 1. The summed E-state index contributed by atoms with van der Waals surface area (Å²) in [6.07, 6.45) is 0. The summed E-state index contributed by atoms with van der Waals surface area (Å²) in [7, 11) is 4.36. The van der Waals surface area contributed by atoms with Gasteiger partial charge in [-0.25, -0.2) is 5.84 Å². The third-order valence-electron chi connectivity index (χ3n) is 4.23. The molecule has 1 aliphatic rings. The first-order valence-corrected chi connectivity index (χ1v) is 8.58. The highest BCUT2D eigenvalue weighted by Crippen LogP contribution is 2.39. The molecular weight excluding hydrogens is 382 g/mol. The molecule has 0 radical (unpaired) electrons. The molecule has 0 spiro atoms. The zero-order valence-electron chi connectivity index (χ0n) is 16.2. The lowest BCUT2D eigenvalue weighted by molar-refractivity contribution is 0.0953. The minimum Gasteiger partial charge on any atom is -0.493 e. The zero-order valence-corrected chi connectivity index (χ0v) is 16.2. The van der Waals surface area contributed by atoms with Crippen LogP contribution in [0.4, 0.5) is 5.69 Å². The number of carbonyl (C=O) groups excluding carboxylic acids is 2. The molecule has 2 aromatic carbocycles. The van der Waals surface area contributed by atoms with Crippen LogP contribution in [0.25, 0.3) is 0 Å². The van der Waals surface area contributed by atoms with Gasteiger partial charge in [0, 0.05) is 11.6 Å². The Hall–Kier alpha value is -3.66. The van der Waals surface area contributed by atoms with Crippen molar-refractivity contribution in [3.8, 4) is 28.7 Å². The van der Waals surface area contributed by atoms with Gasteiger partial charge < -0.3 is 29.0 Å². The minimum absolute atomic E-state index is 0.123. The average Bonchev–Trinajstić information content (AvgIpc) is 2.76. The van der Waals surface area contributed by atoms with Gasteiger partial charge in [-0.3, -0.25) is 15.0 Å². The van der Waals surface area contributed by atoms with Gasteiger partial charge in [-0.15, -0.1) is 0 Å². The first-order valence-electron chi connectivity index (χ1n) is 8.58. The van der Waals surface area contributed by atoms with Crippen molar-refractivity contribution < 1.29 is 33.3 Å². The Morgan fingerprint density at radius 3 is 2.00 bits per heavy atom. The van der Waals surface area contributed by atoms with E-state index in [-0.39, 0.29) is 16.8 Å². The second-order valence-corrected chi connectivity index (χ2v) is 5.88. The molecule has 1 heterocycles. The lowest BCUT2D eigenvalue weighted by Gasteiger charge is -2.21. The fourth-order valence-electron chi connectivity index (χ4n) is 2.86. The van der Waals surface area contributed by atoms with E-state index >= 15 is 0 Å². The van der Waals surface area contributed by atoms with E-state index in [1.807, 2.05) is 5.43 Å². The van der Waals surface area contributed by atoms with Gasteiger partial charge in [0.15, 0.2) is 23.0 Å². The minimum atomic E-state index is -0.595. The van der Waals surface area contributed by atoms with Crippen LogP contribution in [0.5, 0.6) is 28.7 Å². The summed E-state index contributed by atoms with van der Waals surface area (Å²) >= 11 is 0. The molecule has 4 N–H and O–H groups in total. The van der Waals surface area contributed by atoms with Gasteiger partial charge in [0.05, 0.1) is 32.6 Å². The second-order valence-electron chi connectivity index (χ2n) is 5.88. The fraction of sp³-hybridized carbons (Fsp3) is 0.263. The van der Waals surface area contributed by atoms with Crippen molar-refractivity contribution in [1.29, 1.82) is 0 Å². The lowest BCUT2D eigenvalue weighted by atomic mass is 10.1. The van der Waals surface area contributed by atoms with Crippen molar-refractivity contribution in [2.75, 3.05) is 39.9 Å². The molecule has 0 aliphatic carbocycles. The number of methoxy groups -OCH3 is 3. The molecule has 0 unspecified atom stereocenters. The topological polar surface area (TPSA) is 130 Å². The fourth-order valence-corrected chi connectivity index (χ4v) is 2.86. The Labute approximate surface area is 166 Å². The molecule has 3 rings (SSSR count). The Kier molecular flexibility index (Phi) is 5.93. The SMILES string of the molecule is COc1cc(C(=O)Nc2cc3c(cc2C(=O)NN)OCCO3)cc(OC)c1OC. The maximum Gasteiger partial charge on any atom is 0.267 e. The molecule has 0 fully saturated rings. The van der Waals surface area contributed by atoms with Gasteiger partial charge in [-0.2, -0.15) is 0 Å². The molecule has 154 valence electrons. The molecule has 0 saturated heterocycles. The smallest absolute Gasteiger partial charge is 0.267 e. The Morgan fingerprint density at radius 1 is 0.897 bits per heavy atom. The van der Waals surface area contributed by atoms with Crippen LogP contribution in [0, 0.1) is 0 Å². The van der Waals surface area contributed by atoms with Gasteiger partial charge in [0.25, 0.3) is 11.8 Å². The predicted molar refractivity (Wildman–Crippen MR) is 103 cm³/mol. The molecule has 29 heavy (non-hydrogen) atoms. The van der Waals surface area contributed by atoms with Gasteiger partial charge in [-0.05, 0) is 18.2 Å². The first-order chi connectivity index (χ1) is 14.0. The zero-order chi connectivity index (χ0) is 21.0. The van der Waals surface area contributed by atoms with Crippen molar-refractivity contribution in [3.05, 3.63) is 35.4 Å². The highest BCUT2D eigenvalue weighted by molar-refractivity contribution is 6.09. The van der Waals surface area contributed by atoms with E-state index in [0.29, 0.717) is 42.0 Å². The van der Waals surface area contributed by atoms with Crippen LogP contribution >= 0.6 is 0 Å². The quantitative estimate of drug-likeness (QED) is 0.374. The van der Waals surface area contributed by atoms with Gasteiger partial charge >= 0.3 is 0 Å². The summed E-state index contributed by atoms with van der Waals surface area (Å²) < 4.78 is 26.8. The van der Waals surface area contributed by atoms with Crippen molar-refractivity contribution >= 4 is 17.5 Å². The number of hydrogen-bond acceptors (Lipinski definition) is 8. The molecule has 0 atom stereocenters. The summed E-state index contributed by atoms with van der Waals surface area (Å²) in [4.78, 5) is 25.1. The van der Waals surface area contributed by atoms with Crippen LogP contribution in [0.1, 0.15) is 20.7 Å². The third kappa shape index (κ3) is 3.97. The van der Waals surface area contributed by atoms with Gasteiger partial charge in [0.2, 0.25) is 5.75 Å². The molecule has 0 saturated carbocycles. The number of hydrogen-bond donors (Lipinski definition) is 3. The maximum atomic E-state index is 12.9. The Balaban J connectivity index is 1.99. The number of anilines is 1. The first kappa shape index (κ1) is 20.1. The molecule has 0 aromatic heterocycles. The van der Waals surface area contributed by atoms with Crippen LogP contribution in [0.3, 0.4) is 0 Å². The van der Waals surface area contributed by atoms with Gasteiger partial charge in [0.1, 0.15) is 13.2 Å². The van der Waals surface area contributed by atoms with E-state index in [1.165, 1.54) is 45.6 Å². The van der Waals surface area contributed by atoms with E-state index < -0.39 is 11.8 Å². The van der Waals surface area contributed by atoms with Crippen molar-refractivity contribution in [1.82, 2.24) is 5.43 Å². The lowest BCUT2D eigenvalue weighted by Crippen LogP contribution is -2.31. The normalized spacial score (nSPS) is 12.0. The number of nitrogens with two attached hydrogens (primary N) is 1. The van der Waals surface area contributed by atoms with Crippen LogP contribution in [-0.2, 0) is 0 Å². The van der Waals surface area contributed by atoms with Crippen LogP contribution in [-0.4, -0.2) is 46.4 Å². The summed E-state index contributed by atoms with van der Waals surface area (Å²) in [5, 5.41) is 2.69. The van der Waals surface area contributed by atoms with Crippen molar-refractivity contribution in [2.24, 2.45) is 5.84 Å². The molecular formula is C19H21N3O7. The largest absolute Gasteiger partial charge is 0.493 e. The number of carbonyl (C=O) groups is 2. The van der Waals surface area contributed by atoms with Crippen molar-refractivity contribution in [2.45, 2.75) is 0 Å². The maximum absolute atomic E-state index is 12.9. The Bertz CT molecular complexity index is 921. The molecule has 1 aliphatic heterocycles. The second kappa shape index (κ2) is 8.57. The molecule has 0 bridgehead atoms. The number of rotatable bonds is 6. The molecule has 10 heteroatoms.